The van der Waals surface area contributed by atoms with Crippen LogP contribution in [0.3, 0.4) is 0 Å². The Morgan fingerprint density at radius 2 is 2.25 bits per heavy atom. The molecular formula is C15H26N2O3. The second-order valence-electron chi connectivity index (χ2n) is 6.30. The van der Waals surface area contributed by atoms with E-state index in [1.54, 1.807) is 4.90 Å². The number of aliphatic carboxylic acids is 1. The summed E-state index contributed by atoms with van der Waals surface area (Å²) in [6.45, 7) is 5.08. The summed E-state index contributed by atoms with van der Waals surface area (Å²) >= 11 is 0. The van der Waals surface area contributed by atoms with Gasteiger partial charge >= 0.3 is 5.97 Å². The Morgan fingerprint density at radius 1 is 1.45 bits per heavy atom. The van der Waals surface area contributed by atoms with Crippen molar-refractivity contribution in [3.05, 3.63) is 0 Å². The quantitative estimate of drug-likeness (QED) is 0.774. The number of rotatable bonds is 6. The average Bonchev–Trinajstić information content (AvgIpc) is 3.06. The third kappa shape index (κ3) is 3.32. The zero-order valence-electron chi connectivity index (χ0n) is 12.4. The number of nitrogens with zero attached hydrogens (tertiary/aromatic N) is 1. The van der Waals surface area contributed by atoms with E-state index in [1.165, 1.54) is 0 Å². The number of nitrogens with one attached hydrogen (secondary N) is 1. The molecule has 2 aliphatic heterocycles. The van der Waals surface area contributed by atoms with Gasteiger partial charge in [0.2, 0.25) is 5.91 Å². The predicted molar refractivity (Wildman–Crippen MR) is 76.4 cm³/mol. The molecule has 0 aliphatic carbocycles. The Balaban J connectivity index is 1.84. The highest BCUT2D eigenvalue weighted by Gasteiger charge is 2.45. The molecule has 2 N–H and O–H groups in total. The lowest BCUT2D eigenvalue weighted by molar-refractivity contribution is -0.149. The molecule has 114 valence electrons. The van der Waals surface area contributed by atoms with Crippen molar-refractivity contribution in [2.24, 2.45) is 11.3 Å². The first-order chi connectivity index (χ1) is 9.57. The molecule has 5 nitrogen and oxygen atoms in total. The third-order valence-corrected chi connectivity index (χ3v) is 4.82. The van der Waals surface area contributed by atoms with Crippen molar-refractivity contribution < 1.29 is 14.7 Å². The fourth-order valence-electron chi connectivity index (χ4n) is 3.50. The smallest absolute Gasteiger partial charge is 0.311 e. The lowest BCUT2D eigenvalue weighted by Gasteiger charge is -2.24. The van der Waals surface area contributed by atoms with Crippen molar-refractivity contribution in [3.63, 3.8) is 0 Å². The Labute approximate surface area is 120 Å². The molecule has 1 amide bonds. The summed E-state index contributed by atoms with van der Waals surface area (Å²) in [5, 5.41) is 12.8. The van der Waals surface area contributed by atoms with E-state index in [1.807, 2.05) is 6.92 Å². The van der Waals surface area contributed by atoms with Crippen LogP contribution in [-0.4, -0.2) is 48.1 Å². The van der Waals surface area contributed by atoms with Gasteiger partial charge in [0.25, 0.3) is 0 Å². The van der Waals surface area contributed by atoms with Gasteiger partial charge in [0.05, 0.1) is 5.41 Å². The number of likely N-dealkylation sites (tertiary alicyclic amines) is 1. The molecule has 2 unspecified atom stereocenters. The fraction of sp³-hybridized carbons (Fsp3) is 0.867. The molecule has 0 saturated carbocycles. The normalized spacial score (nSPS) is 29.9. The van der Waals surface area contributed by atoms with Gasteiger partial charge in [0.1, 0.15) is 0 Å². The van der Waals surface area contributed by atoms with Gasteiger partial charge in [0.15, 0.2) is 0 Å². The molecule has 2 heterocycles. The first-order valence-corrected chi connectivity index (χ1v) is 7.79. The van der Waals surface area contributed by atoms with Crippen molar-refractivity contribution >= 4 is 11.9 Å². The summed E-state index contributed by atoms with van der Waals surface area (Å²) in [6, 6.07) is 0. The van der Waals surface area contributed by atoms with Crippen LogP contribution in [0.5, 0.6) is 0 Å². The molecule has 20 heavy (non-hydrogen) atoms. The minimum Gasteiger partial charge on any atom is -0.481 e. The van der Waals surface area contributed by atoms with Gasteiger partial charge in [-0.2, -0.15) is 0 Å². The zero-order chi connectivity index (χ0) is 14.6. The molecule has 5 heteroatoms. The van der Waals surface area contributed by atoms with Gasteiger partial charge in [0, 0.05) is 19.5 Å². The van der Waals surface area contributed by atoms with Crippen LogP contribution in [0.2, 0.25) is 0 Å². The van der Waals surface area contributed by atoms with Crippen LogP contribution in [0, 0.1) is 11.3 Å². The number of carboxylic acids is 1. The maximum absolute atomic E-state index is 12.2. The molecule has 0 aromatic heterocycles. The number of carboxylic acid groups (broad SMARTS) is 1. The molecule has 0 bridgehead atoms. The molecule has 2 rings (SSSR count). The summed E-state index contributed by atoms with van der Waals surface area (Å²) in [5.74, 6) is 0.00666. The molecule has 0 aromatic carbocycles. The Kier molecular flexibility index (Phi) is 5.02. The van der Waals surface area contributed by atoms with Crippen molar-refractivity contribution in [2.75, 3.05) is 26.2 Å². The highest BCUT2D eigenvalue weighted by Crippen LogP contribution is 2.36. The Hall–Kier alpha value is -1.10. The minimum absolute atomic E-state index is 0.135. The lowest BCUT2D eigenvalue weighted by Crippen LogP contribution is -2.37. The van der Waals surface area contributed by atoms with E-state index in [0.29, 0.717) is 38.3 Å². The third-order valence-electron chi connectivity index (χ3n) is 4.82. The second-order valence-corrected chi connectivity index (χ2v) is 6.30. The molecule has 0 aromatic rings. The molecular weight excluding hydrogens is 256 g/mol. The maximum Gasteiger partial charge on any atom is 0.311 e. The number of hydrogen-bond donors (Lipinski definition) is 2. The van der Waals surface area contributed by atoms with Crippen molar-refractivity contribution in [2.45, 2.75) is 45.4 Å². The van der Waals surface area contributed by atoms with E-state index in [4.69, 9.17) is 0 Å². The van der Waals surface area contributed by atoms with Crippen LogP contribution >= 0.6 is 0 Å². The standard InChI is InChI=1S/C15H26N2O3/c1-2-6-15(14(19)20)7-9-17(11-15)13(18)4-3-12-5-8-16-10-12/h12,16H,2-11H2,1H3,(H,19,20). The van der Waals surface area contributed by atoms with Crippen LogP contribution in [0.1, 0.15) is 45.4 Å². The van der Waals surface area contributed by atoms with Gasteiger partial charge in [-0.1, -0.05) is 13.3 Å². The largest absolute Gasteiger partial charge is 0.481 e. The van der Waals surface area contributed by atoms with E-state index in [9.17, 15) is 14.7 Å². The second kappa shape index (κ2) is 6.57. The summed E-state index contributed by atoms with van der Waals surface area (Å²) in [5.41, 5.74) is -0.695. The molecule has 2 fully saturated rings. The Morgan fingerprint density at radius 3 is 2.85 bits per heavy atom. The predicted octanol–water partition coefficient (Wildman–Crippen LogP) is 1.48. The van der Waals surface area contributed by atoms with Gasteiger partial charge < -0.3 is 15.3 Å². The molecule has 0 radical (unpaired) electrons. The van der Waals surface area contributed by atoms with E-state index in [2.05, 4.69) is 5.32 Å². The summed E-state index contributed by atoms with van der Waals surface area (Å²) < 4.78 is 0. The van der Waals surface area contributed by atoms with Crippen molar-refractivity contribution in [3.8, 4) is 0 Å². The number of amides is 1. The highest BCUT2D eigenvalue weighted by atomic mass is 16.4. The summed E-state index contributed by atoms with van der Waals surface area (Å²) in [7, 11) is 0. The van der Waals surface area contributed by atoms with Crippen LogP contribution in [0.15, 0.2) is 0 Å². The van der Waals surface area contributed by atoms with Crippen molar-refractivity contribution in [1.29, 1.82) is 0 Å². The SMILES string of the molecule is CCCC1(C(=O)O)CCN(C(=O)CCC2CCNC2)C1. The molecule has 0 spiro atoms. The zero-order valence-corrected chi connectivity index (χ0v) is 12.4. The lowest BCUT2D eigenvalue weighted by atomic mass is 9.83. The van der Waals surface area contributed by atoms with Gasteiger partial charge in [-0.05, 0) is 44.7 Å². The number of hydrogen-bond acceptors (Lipinski definition) is 3. The van der Waals surface area contributed by atoms with Crippen LogP contribution in [-0.2, 0) is 9.59 Å². The first-order valence-electron chi connectivity index (χ1n) is 7.79. The number of carbonyl (C=O) groups excluding carboxylic acids is 1. The molecule has 2 saturated heterocycles. The summed E-state index contributed by atoms with van der Waals surface area (Å²) in [6.07, 6.45) is 4.76. The fourth-order valence-corrected chi connectivity index (χ4v) is 3.50. The van der Waals surface area contributed by atoms with E-state index < -0.39 is 11.4 Å². The van der Waals surface area contributed by atoms with Gasteiger partial charge in [-0.25, -0.2) is 0 Å². The monoisotopic (exact) mass is 282 g/mol. The number of carbonyl (C=O) groups is 2. The van der Waals surface area contributed by atoms with Crippen LogP contribution in [0.25, 0.3) is 0 Å². The maximum atomic E-state index is 12.2. The Bertz CT molecular complexity index is 366. The summed E-state index contributed by atoms with van der Waals surface area (Å²) in [4.78, 5) is 25.5. The average molecular weight is 282 g/mol. The molecule has 2 atom stereocenters. The van der Waals surface area contributed by atoms with Crippen LogP contribution < -0.4 is 5.32 Å². The topological polar surface area (TPSA) is 69.6 Å². The van der Waals surface area contributed by atoms with Gasteiger partial charge in [-0.3, -0.25) is 9.59 Å². The minimum atomic E-state index is -0.741. The molecule has 2 aliphatic rings. The first kappa shape index (κ1) is 15.3. The van der Waals surface area contributed by atoms with Crippen molar-refractivity contribution in [1.82, 2.24) is 10.2 Å². The van der Waals surface area contributed by atoms with Gasteiger partial charge in [-0.15, -0.1) is 0 Å². The van der Waals surface area contributed by atoms with E-state index >= 15 is 0 Å². The van der Waals surface area contributed by atoms with Crippen LogP contribution in [0.4, 0.5) is 0 Å². The van der Waals surface area contributed by atoms with E-state index in [0.717, 1.165) is 32.4 Å². The van der Waals surface area contributed by atoms with E-state index in [-0.39, 0.29) is 5.91 Å². The highest BCUT2D eigenvalue weighted by molar-refractivity contribution is 5.80.